The van der Waals surface area contributed by atoms with Gasteiger partial charge in [0.05, 0.1) is 24.4 Å². The molecule has 12 heteroatoms. The van der Waals surface area contributed by atoms with Crippen molar-refractivity contribution in [3.05, 3.63) is 47.8 Å². The molecule has 0 spiro atoms. The van der Waals surface area contributed by atoms with Crippen LogP contribution >= 0.6 is 0 Å². The van der Waals surface area contributed by atoms with Crippen molar-refractivity contribution in [1.82, 2.24) is 4.90 Å². The van der Waals surface area contributed by atoms with Crippen molar-refractivity contribution >= 4 is 11.8 Å². The summed E-state index contributed by atoms with van der Waals surface area (Å²) in [6, 6.07) is 7.06. The van der Waals surface area contributed by atoms with Crippen LogP contribution in [0, 0.1) is 47.2 Å². The predicted octanol–water partition coefficient (Wildman–Crippen LogP) is 7.10. The topological polar surface area (TPSA) is 111 Å². The number of methoxy groups -OCH3 is 3. The first-order chi connectivity index (χ1) is 28.4. The quantitative estimate of drug-likeness (QED) is 0.178. The summed E-state index contributed by atoms with van der Waals surface area (Å²) in [6.45, 7) is 8.11. The Morgan fingerprint density at radius 1 is 0.831 bits per heavy atom. The van der Waals surface area contributed by atoms with Crippen LogP contribution < -0.4 is 0 Å². The largest absolute Gasteiger partial charge is 0.462 e. The summed E-state index contributed by atoms with van der Waals surface area (Å²) in [5, 5.41) is 0. The fourth-order valence-corrected chi connectivity index (χ4v) is 12.3. The lowest BCUT2D eigenvalue weighted by Crippen LogP contribution is -2.59. The maximum absolute atomic E-state index is 15.5. The molecule has 330 valence electrons. The van der Waals surface area contributed by atoms with Crippen LogP contribution in [-0.4, -0.2) is 120 Å². The third-order valence-corrected chi connectivity index (χ3v) is 15.1. The molecular weight excluding hydrogens is 758 g/mol. The van der Waals surface area contributed by atoms with Crippen LogP contribution in [0.15, 0.2) is 36.4 Å². The van der Waals surface area contributed by atoms with Gasteiger partial charge in [0.2, 0.25) is 0 Å². The van der Waals surface area contributed by atoms with Crippen molar-refractivity contribution < 1.29 is 51.9 Å². The van der Waals surface area contributed by atoms with Crippen LogP contribution in [-0.2, 0) is 47.5 Å². The summed E-state index contributed by atoms with van der Waals surface area (Å²) in [5.74, 6) is -2.05. The highest BCUT2D eigenvalue weighted by Crippen LogP contribution is 2.62. The molecule has 1 aromatic carbocycles. The summed E-state index contributed by atoms with van der Waals surface area (Å²) >= 11 is 0. The standard InChI is InChI=1S/C47H70FNO10/c1-10-31-15-12-16-37(59-39-20-19-36(49(5)6)26(3)55-39)25(2)43(51)42-35(24-38(50)57-31)33-18-17-28-22-32(23-34(28)41(33)40(42)29-13-11-14-30(48)21-29)58-47-46(54-9)45(53-8)44(52-7)27(4)56-47/h11,13-14,17-18,21,25-28,31-37,39-42,44-47H,10,12,15-16,19-20,22-24H2,1-9H3/t25-,26?,27?,28-,31+,32-,33+,34-,35+,36+,37+,39+,40?,41-,42?,44+,45?,46+,47+/m1/s1. The number of fused-ring (bicyclic) bond motifs is 5. The average Bonchev–Trinajstić information content (AvgIpc) is 3.77. The second-order valence-corrected chi connectivity index (χ2v) is 18.6. The Morgan fingerprint density at radius 3 is 2.27 bits per heavy atom. The summed E-state index contributed by atoms with van der Waals surface area (Å²) in [4.78, 5) is 31.7. The number of benzene rings is 1. The summed E-state index contributed by atoms with van der Waals surface area (Å²) in [5.41, 5.74) is 0.799. The maximum atomic E-state index is 15.5. The molecule has 11 nitrogen and oxygen atoms in total. The van der Waals surface area contributed by atoms with Gasteiger partial charge in [-0.3, -0.25) is 9.59 Å². The Labute approximate surface area is 351 Å². The van der Waals surface area contributed by atoms with Crippen molar-refractivity contribution in [2.75, 3.05) is 35.4 Å². The Balaban J connectivity index is 1.21. The van der Waals surface area contributed by atoms with Crippen molar-refractivity contribution in [3.8, 4) is 0 Å². The Hall–Kier alpha value is -2.29. The lowest BCUT2D eigenvalue weighted by molar-refractivity contribution is -0.314. The number of carbonyl (C=O) groups excluding carboxylic acids is 2. The van der Waals surface area contributed by atoms with E-state index in [9.17, 15) is 4.79 Å². The van der Waals surface area contributed by atoms with Crippen molar-refractivity contribution in [3.63, 3.8) is 0 Å². The zero-order chi connectivity index (χ0) is 42.1. The molecule has 0 radical (unpaired) electrons. The lowest BCUT2D eigenvalue weighted by atomic mass is 9.67. The molecule has 5 unspecified atom stereocenters. The van der Waals surface area contributed by atoms with Gasteiger partial charge in [0.1, 0.15) is 36.0 Å². The molecule has 3 aliphatic carbocycles. The van der Waals surface area contributed by atoms with E-state index >= 15 is 9.18 Å². The van der Waals surface area contributed by atoms with Gasteiger partial charge in [0.25, 0.3) is 0 Å². The zero-order valence-corrected chi connectivity index (χ0v) is 36.7. The number of ketones is 1. The number of Topliss-reactive ketones (excluding diaryl/α,β-unsaturated/α-hetero) is 1. The number of rotatable bonds is 10. The molecule has 3 aliphatic heterocycles. The molecule has 3 heterocycles. The number of esters is 1. The predicted molar refractivity (Wildman–Crippen MR) is 219 cm³/mol. The van der Waals surface area contributed by atoms with E-state index < -0.39 is 30.5 Å². The van der Waals surface area contributed by atoms with Crippen LogP contribution in [0.4, 0.5) is 4.39 Å². The molecule has 7 rings (SSSR count). The minimum Gasteiger partial charge on any atom is -0.462 e. The molecule has 1 aromatic rings. The van der Waals surface area contributed by atoms with Crippen LogP contribution in [0.2, 0.25) is 0 Å². The first kappa shape index (κ1) is 44.8. The van der Waals surface area contributed by atoms with E-state index in [1.165, 1.54) is 6.07 Å². The number of nitrogens with zero attached hydrogens (tertiary/aromatic N) is 1. The Bertz CT molecular complexity index is 1610. The van der Waals surface area contributed by atoms with Crippen molar-refractivity contribution in [1.29, 1.82) is 0 Å². The summed E-state index contributed by atoms with van der Waals surface area (Å²) in [7, 11) is 9.08. The second kappa shape index (κ2) is 19.4. The van der Waals surface area contributed by atoms with Gasteiger partial charge in [0.15, 0.2) is 12.6 Å². The first-order valence-corrected chi connectivity index (χ1v) is 22.4. The number of hydrogen-bond donors (Lipinski definition) is 0. The number of ether oxygens (including phenoxy) is 8. The number of cyclic esters (lactones) is 1. The maximum Gasteiger partial charge on any atom is 0.306 e. The number of carbonyl (C=O) groups is 2. The van der Waals surface area contributed by atoms with Gasteiger partial charge in [-0.15, -0.1) is 0 Å². The smallest absolute Gasteiger partial charge is 0.306 e. The van der Waals surface area contributed by atoms with Crippen LogP contribution in [0.1, 0.15) is 97.0 Å². The fraction of sp³-hybridized carbons (Fsp3) is 0.787. The van der Waals surface area contributed by atoms with Gasteiger partial charge in [-0.2, -0.15) is 0 Å². The lowest BCUT2D eigenvalue weighted by Gasteiger charge is -2.44. The number of allylic oxidation sites excluding steroid dienone is 2. The van der Waals surface area contributed by atoms with E-state index in [1.807, 2.05) is 19.9 Å². The molecule has 0 N–H and O–H groups in total. The highest BCUT2D eigenvalue weighted by Gasteiger charge is 2.60. The first-order valence-electron chi connectivity index (χ1n) is 22.4. The van der Waals surface area contributed by atoms with Crippen LogP contribution in [0.3, 0.4) is 0 Å². The summed E-state index contributed by atoms with van der Waals surface area (Å²) < 4.78 is 65.5. The molecule has 3 saturated heterocycles. The number of hydrogen-bond acceptors (Lipinski definition) is 11. The van der Waals surface area contributed by atoms with Crippen molar-refractivity contribution in [2.45, 2.75) is 159 Å². The van der Waals surface area contributed by atoms with E-state index in [4.69, 9.17) is 37.9 Å². The SMILES string of the molecule is CC[C@H]1CCC[C@H](O[C@H]2CC[C@H](N(C)C)C(C)O2)[C@@H](C)C(=O)C2C(c3cccc(F)c3)[C@@H]3[C@@H](C=C[C@@H]4C[C@@H](O[C@@H]5OC(C)[C@H](OC)C(OC)[C@@H]5OC)C[C@@H]34)[C@@H]2CC(=O)O1. The molecule has 5 fully saturated rings. The Morgan fingerprint density at radius 2 is 1.59 bits per heavy atom. The molecule has 19 atom stereocenters. The molecule has 0 bridgehead atoms. The van der Waals surface area contributed by atoms with Crippen molar-refractivity contribution in [2.24, 2.45) is 41.4 Å². The van der Waals surface area contributed by atoms with E-state index in [-0.39, 0.29) is 102 Å². The normalized spacial score (nSPS) is 44.3. The van der Waals surface area contributed by atoms with E-state index in [0.29, 0.717) is 25.3 Å². The molecular formula is C47H70FNO10. The second-order valence-electron chi connectivity index (χ2n) is 18.6. The molecule has 0 aromatic heterocycles. The molecule has 0 amide bonds. The number of halogens is 1. The monoisotopic (exact) mass is 827 g/mol. The van der Waals surface area contributed by atoms with E-state index in [0.717, 1.165) is 37.7 Å². The fourth-order valence-electron chi connectivity index (χ4n) is 12.3. The number of likely N-dealkylation sites (N-methyl/N-ethyl adjacent to an activating group) is 1. The van der Waals surface area contributed by atoms with Gasteiger partial charge < -0.3 is 42.8 Å². The van der Waals surface area contributed by atoms with Gasteiger partial charge >= 0.3 is 5.97 Å². The minimum atomic E-state index is -0.667. The average molecular weight is 828 g/mol. The highest BCUT2D eigenvalue weighted by molar-refractivity contribution is 5.86. The molecule has 2 saturated carbocycles. The zero-order valence-electron chi connectivity index (χ0n) is 36.7. The van der Waals surface area contributed by atoms with Crippen LogP contribution in [0.25, 0.3) is 0 Å². The molecule has 59 heavy (non-hydrogen) atoms. The minimum absolute atomic E-state index is 0.0133. The highest BCUT2D eigenvalue weighted by atomic mass is 19.1. The van der Waals surface area contributed by atoms with E-state index in [1.54, 1.807) is 33.5 Å². The van der Waals surface area contributed by atoms with Crippen LogP contribution in [0.5, 0.6) is 0 Å². The third-order valence-electron chi connectivity index (χ3n) is 15.1. The third kappa shape index (κ3) is 9.26. The molecule has 6 aliphatic rings. The van der Waals surface area contributed by atoms with Gasteiger partial charge in [0, 0.05) is 45.6 Å². The van der Waals surface area contributed by atoms with Gasteiger partial charge in [-0.25, -0.2) is 4.39 Å². The summed E-state index contributed by atoms with van der Waals surface area (Å²) in [6.07, 6.45) is 7.31. The van der Waals surface area contributed by atoms with E-state index in [2.05, 4.69) is 45.0 Å². The van der Waals surface area contributed by atoms with Gasteiger partial charge in [-0.05, 0) is 133 Å². The van der Waals surface area contributed by atoms with Gasteiger partial charge in [-0.1, -0.05) is 38.1 Å². The Kier molecular flexibility index (Phi) is 14.7.